The fraction of sp³-hybridized carbons (Fsp3) is 0.556. The molecule has 2 N–H and O–H groups in total. The third-order valence-corrected chi connectivity index (χ3v) is 6.24. The highest BCUT2D eigenvalue weighted by Crippen LogP contribution is 2.63. The first-order valence-electron chi connectivity index (χ1n) is 8.33. The van der Waals surface area contributed by atoms with Crippen LogP contribution in [-0.4, -0.2) is 16.7 Å². The Balaban J connectivity index is 1.44. The number of hydrogen-bond acceptors (Lipinski definition) is 2. The van der Waals surface area contributed by atoms with Crippen LogP contribution < -0.4 is 10.9 Å². The number of benzene rings is 1. The van der Waals surface area contributed by atoms with Gasteiger partial charge in [0.1, 0.15) is 0 Å². The number of amides is 2. The van der Waals surface area contributed by atoms with Crippen LogP contribution in [0.3, 0.4) is 0 Å². The summed E-state index contributed by atoms with van der Waals surface area (Å²) in [7, 11) is 0. The summed E-state index contributed by atoms with van der Waals surface area (Å²) in [5.74, 6) is 0.763. The first kappa shape index (κ1) is 15.0. The zero-order chi connectivity index (χ0) is 16.1. The van der Waals surface area contributed by atoms with Crippen molar-refractivity contribution in [2.24, 2.45) is 17.3 Å². The van der Waals surface area contributed by atoms with Crippen LogP contribution in [0.5, 0.6) is 0 Å². The molecule has 5 heteroatoms. The predicted molar refractivity (Wildman–Crippen MR) is 87.7 cm³/mol. The molecule has 2 amide bonds. The topological polar surface area (TPSA) is 58.2 Å². The van der Waals surface area contributed by atoms with Crippen LogP contribution in [0.4, 0.5) is 0 Å². The van der Waals surface area contributed by atoms with Crippen molar-refractivity contribution in [1.29, 1.82) is 0 Å². The summed E-state index contributed by atoms with van der Waals surface area (Å²) in [5, 5.41) is 0. The van der Waals surface area contributed by atoms with Gasteiger partial charge in [0.05, 0.1) is 5.41 Å². The van der Waals surface area contributed by atoms with Gasteiger partial charge in [0.25, 0.3) is 5.91 Å². The second-order valence-electron chi connectivity index (χ2n) is 7.67. The average Bonchev–Trinajstić information content (AvgIpc) is 2.50. The largest absolute Gasteiger partial charge is 0.273 e. The van der Waals surface area contributed by atoms with E-state index in [2.05, 4.69) is 10.9 Å². The molecule has 122 valence electrons. The summed E-state index contributed by atoms with van der Waals surface area (Å²) < 4.78 is 0. The van der Waals surface area contributed by atoms with Crippen molar-refractivity contribution in [1.82, 2.24) is 10.9 Å². The number of nitrogens with one attached hydrogen (secondary N) is 2. The van der Waals surface area contributed by atoms with Gasteiger partial charge in [0.2, 0.25) is 5.91 Å². The summed E-state index contributed by atoms with van der Waals surface area (Å²) >= 11 is 6.76. The number of rotatable bonds is 2. The second-order valence-corrected chi connectivity index (χ2v) is 8.47. The maximum absolute atomic E-state index is 12.8. The van der Waals surface area contributed by atoms with E-state index in [1.165, 1.54) is 6.42 Å². The highest BCUT2D eigenvalue weighted by molar-refractivity contribution is 6.24. The third kappa shape index (κ3) is 2.63. The highest BCUT2D eigenvalue weighted by Gasteiger charge is 2.60. The molecule has 1 aromatic rings. The van der Waals surface area contributed by atoms with Crippen LogP contribution in [0.1, 0.15) is 48.9 Å². The lowest BCUT2D eigenvalue weighted by Crippen LogP contribution is -2.60. The number of carbonyl (C=O) groups excluding carboxylic acids is 2. The van der Waals surface area contributed by atoms with Crippen LogP contribution in [0, 0.1) is 17.3 Å². The van der Waals surface area contributed by atoms with E-state index >= 15 is 0 Å². The number of carbonyl (C=O) groups is 2. The van der Waals surface area contributed by atoms with Gasteiger partial charge in [-0.1, -0.05) is 18.2 Å². The zero-order valence-corrected chi connectivity index (χ0v) is 13.7. The van der Waals surface area contributed by atoms with Crippen molar-refractivity contribution < 1.29 is 9.59 Å². The Hall–Kier alpha value is -1.55. The van der Waals surface area contributed by atoms with Gasteiger partial charge in [-0.3, -0.25) is 20.4 Å². The molecule has 2 atom stereocenters. The van der Waals surface area contributed by atoms with Crippen molar-refractivity contribution in [2.75, 3.05) is 0 Å². The molecule has 4 fully saturated rings. The molecule has 5 rings (SSSR count). The number of halogens is 1. The molecule has 0 saturated heterocycles. The molecule has 0 aromatic heterocycles. The van der Waals surface area contributed by atoms with E-state index in [0.29, 0.717) is 17.4 Å². The Morgan fingerprint density at radius 3 is 2.26 bits per heavy atom. The molecule has 0 radical (unpaired) electrons. The second kappa shape index (κ2) is 5.23. The first-order valence-corrected chi connectivity index (χ1v) is 8.71. The monoisotopic (exact) mass is 332 g/mol. The van der Waals surface area contributed by atoms with Crippen molar-refractivity contribution in [3.8, 4) is 0 Å². The zero-order valence-electron chi connectivity index (χ0n) is 13.0. The highest BCUT2D eigenvalue weighted by atomic mass is 35.5. The minimum Gasteiger partial charge on any atom is -0.273 e. The molecule has 2 unspecified atom stereocenters. The van der Waals surface area contributed by atoms with E-state index in [-0.39, 0.29) is 16.7 Å². The van der Waals surface area contributed by atoms with Crippen LogP contribution in [0.2, 0.25) is 0 Å². The van der Waals surface area contributed by atoms with Crippen molar-refractivity contribution in [2.45, 2.75) is 43.4 Å². The molecule has 23 heavy (non-hydrogen) atoms. The van der Waals surface area contributed by atoms with E-state index in [1.54, 1.807) is 24.3 Å². The Kier molecular flexibility index (Phi) is 3.41. The quantitative estimate of drug-likeness (QED) is 0.646. The van der Waals surface area contributed by atoms with E-state index in [1.807, 2.05) is 6.07 Å². The lowest BCUT2D eigenvalue weighted by molar-refractivity contribution is -0.145. The summed E-state index contributed by atoms with van der Waals surface area (Å²) in [5.41, 5.74) is 5.35. The summed E-state index contributed by atoms with van der Waals surface area (Å²) in [6, 6.07) is 8.89. The molecule has 4 saturated carbocycles. The van der Waals surface area contributed by atoms with Gasteiger partial charge in [-0.05, 0) is 62.5 Å². The van der Waals surface area contributed by atoms with Crippen LogP contribution in [0.25, 0.3) is 0 Å². The summed E-state index contributed by atoms with van der Waals surface area (Å²) in [4.78, 5) is 24.7. The maximum Gasteiger partial charge on any atom is 0.269 e. The third-order valence-electron chi connectivity index (χ3n) is 5.80. The SMILES string of the molecule is O=C(NNC(=O)C12CC3CC(CC(Cl)(C3)C1)C2)c1ccccc1. The van der Waals surface area contributed by atoms with Crippen molar-refractivity contribution in [3.05, 3.63) is 35.9 Å². The van der Waals surface area contributed by atoms with Crippen molar-refractivity contribution >= 4 is 23.4 Å². The van der Waals surface area contributed by atoms with Gasteiger partial charge >= 0.3 is 0 Å². The van der Waals surface area contributed by atoms with Crippen LogP contribution in [0.15, 0.2) is 30.3 Å². The number of hydrogen-bond donors (Lipinski definition) is 2. The van der Waals surface area contributed by atoms with E-state index in [4.69, 9.17) is 11.6 Å². The molecule has 0 spiro atoms. The van der Waals surface area contributed by atoms with Gasteiger partial charge in [-0.25, -0.2) is 0 Å². The fourth-order valence-electron chi connectivity index (χ4n) is 5.32. The number of hydrazine groups is 1. The Bertz CT molecular complexity index is 632. The van der Waals surface area contributed by atoms with Crippen LogP contribution >= 0.6 is 11.6 Å². The lowest BCUT2D eigenvalue weighted by atomic mass is 9.49. The normalized spacial score (nSPS) is 37.4. The predicted octanol–water partition coefficient (Wildman–Crippen LogP) is 3.03. The molecule has 4 aliphatic rings. The van der Waals surface area contributed by atoms with Crippen molar-refractivity contribution in [3.63, 3.8) is 0 Å². The first-order chi connectivity index (χ1) is 11.0. The molecule has 1 aromatic carbocycles. The Morgan fingerprint density at radius 1 is 1.00 bits per heavy atom. The van der Waals surface area contributed by atoms with Gasteiger partial charge in [-0.2, -0.15) is 0 Å². The minimum atomic E-state index is -0.393. The molecule has 4 aliphatic carbocycles. The smallest absolute Gasteiger partial charge is 0.269 e. The maximum atomic E-state index is 12.8. The summed E-state index contributed by atoms with van der Waals surface area (Å²) in [6.45, 7) is 0. The van der Waals surface area contributed by atoms with E-state index in [0.717, 1.165) is 32.1 Å². The molecular formula is C18H21ClN2O2. The molecule has 0 heterocycles. The molecule has 0 aliphatic heterocycles. The van der Waals surface area contributed by atoms with Gasteiger partial charge in [0, 0.05) is 10.4 Å². The van der Waals surface area contributed by atoms with Crippen LogP contribution in [-0.2, 0) is 4.79 Å². The number of alkyl halides is 1. The van der Waals surface area contributed by atoms with Gasteiger partial charge in [-0.15, -0.1) is 11.6 Å². The Morgan fingerprint density at radius 2 is 1.65 bits per heavy atom. The summed E-state index contributed by atoms with van der Waals surface area (Å²) in [6.07, 6.45) is 5.84. The molecule has 4 nitrogen and oxygen atoms in total. The molecular weight excluding hydrogens is 312 g/mol. The van der Waals surface area contributed by atoms with Gasteiger partial charge < -0.3 is 0 Å². The fourth-order valence-corrected chi connectivity index (χ4v) is 6.02. The average molecular weight is 333 g/mol. The van der Waals surface area contributed by atoms with E-state index < -0.39 is 5.41 Å². The van der Waals surface area contributed by atoms with Gasteiger partial charge in [0.15, 0.2) is 0 Å². The standard InChI is InChI=1S/C18H21ClN2O2/c19-18-9-12-6-13(10-18)8-17(7-12,11-18)16(23)21-20-15(22)14-4-2-1-3-5-14/h1-5,12-13H,6-11H2,(H,20,22)(H,21,23). The Labute approximate surface area is 140 Å². The molecule has 4 bridgehead atoms. The lowest BCUT2D eigenvalue weighted by Gasteiger charge is -2.59. The van der Waals surface area contributed by atoms with E-state index in [9.17, 15) is 9.59 Å². The minimum absolute atomic E-state index is 0.0686.